The van der Waals surface area contributed by atoms with E-state index in [0.29, 0.717) is 28.7 Å². The van der Waals surface area contributed by atoms with E-state index in [4.69, 9.17) is 5.73 Å². The van der Waals surface area contributed by atoms with Gasteiger partial charge in [0, 0.05) is 35.4 Å². The summed E-state index contributed by atoms with van der Waals surface area (Å²) in [6.45, 7) is 11.9. The van der Waals surface area contributed by atoms with Gasteiger partial charge in [-0.25, -0.2) is 4.79 Å². The van der Waals surface area contributed by atoms with Crippen molar-refractivity contribution in [3.05, 3.63) is 64.3 Å². The summed E-state index contributed by atoms with van der Waals surface area (Å²) in [6, 6.07) is 11.3. The monoisotopic (exact) mass is 670 g/mol. The number of β-lactam (4-membered cyclic amide) rings is 1. The number of hydrogen-bond donors (Lipinski definition) is 3. The first kappa shape index (κ1) is 34.1. The van der Waals surface area contributed by atoms with Crippen LogP contribution in [0.4, 0.5) is 0 Å². The van der Waals surface area contributed by atoms with Crippen LogP contribution in [-0.4, -0.2) is 106 Å². The minimum absolute atomic E-state index is 0. The molecule has 2 bridgehead atoms. The zero-order chi connectivity index (χ0) is 31.1. The molecule has 246 valence electrons. The van der Waals surface area contributed by atoms with Crippen LogP contribution in [-0.2, 0) is 20.9 Å². The van der Waals surface area contributed by atoms with Crippen molar-refractivity contribution in [2.75, 3.05) is 45.8 Å². The first-order chi connectivity index (χ1) is 20.9. The van der Waals surface area contributed by atoms with Crippen molar-refractivity contribution in [3.63, 3.8) is 0 Å². The number of aliphatic carboxylic acids is 1. The molecule has 46 heavy (non-hydrogen) atoms. The normalized spacial score (nSPS) is 29.3. The number of rotatable bonds is 9. The lowest BCUT2D eigenvalue weighted by molar-refractivity contribution is -1.09. The maximum atomic E-state index is 13.6. The summed E-state index contributed by atoms with van der Waals surface area (Å²) >= 11 is 0. The molecule has 10 nitrogen and oxygen atoms in total. The molecule has 5 heterocycles. The molecule has 8 rings (SSSR count). The van der Waals surface area contributed by atoms with Crippen LogP contribution in [0.25, 0.3) is 16.7 Å². The molecule has 6 aliphatic rings. The number of primary amides is 1. The predicted octanol–water partition coefficient (Wildman–Crippen LogP) is -4.01. The second kappa shape index (κ2) is 12.1. The van der Waals surface area contributed by atoms with Crippen LogP contribution in [0, 0.1) is 11.8 Å². The first-order valence-corrected chi connectivity index (χ1v) is 15.7. The molecular formula is C34H40Cl2N4O6. The van der Waals surface area contributed by atoms with E-state index in [1.54, 1.807) is 19.1 Å². The molecule has 0 saturated carbocycles. The lowest BCUT2D eigenvalue weighted by Crippen LogP contribution is -3.00. The van der Waals surface area contributed by atoms with Crippen molar-refractivity contribution in [2.45, 2.75) is 45.4 Å². The lowest BCUT2D eigenvalue weighted by atomic mass is 9.76. The number of ketones is 1. The molecule has 0 unspecified atom stereocenters. The number of quaternary nitrogens is 2. The molecule has 2 amide bonds. The molecule has 0 radical (unpaired) electrons. The third-order valence-corrected chi connectivity index (χ3v) is 11.3. The summed E-state index contributed by atoms with van der Waals surface area (Å²) in [4.78, 5) is 51.3. The van der Waals surface area contributed by atoms with Crippen molar-refractivity contribution >= 4 is 29.1 Å². The number of aliphatic hydroxyl groups excluding tert-OH is 1. The molecule has 2 aromatic rings. The van der Waals surface area contributed by atoms with Gasteiger partial charge in [0.1, 0.15) is 51.5 Å². The standard InChI is InChI=1S/C34H38N4O6.2ClH/c1-19-28(31(34(43)44)36-30(19)29(20(2)39)33(36)42)22-6-8-24-25(17-22)23-7-5-21(16-26(23)32(24)41)18-38-13-10-37(11-14-38,12-15-38)9-3-4-27(35)40;;/h5-8,16-17,19-20,29-30,39H,3-4,9-15,18H2,1-2H3,(H-2,35,40,43,44);2*1H/t19-,20+,29+,30+,37?,38?;;/m0../s1. The Kier molecular flexibility index (Phi) is 8.94. The molecule has 2 aromatic carbocycles. The highest BCUT2D eigenvalue weighted by Crippen LogP contribution is 2.51. The molecule has 5 aliphatic heterocycles. The summed E-state index contributed by atoms with van der Waals surface area (Å²) in [5.41, 5.74) is 10.6. The van der Waals surface area contributed by atoms with Gasteiger partial charge in [0.2, 0.25) is 11.8 Å². The smallest absolute Gasteiger partial charge is 0.352 e. The Morgan fingerprint density at radius 1 is 0.935 bits per heavy atom. The number of carbonyl (C=O) groups excluding carboxylic acids is 3. The number of carboxylic acids is 1. The van der Waals surface area contributed by atoms with Crippen molar-refractivity contribution in [3.8, 4) is 11.1 Å². The average Bonchev–Trinajstić information content (AvgIpc) is 3.41. The van der Waals surface area contributed by atoms with Crippen molar-refractivity contribution < 1.29 is 63.2 Å². The molecular weight excluding hydrogens is 631 g/mol. The van der Waals surface area contributed by atoms with E-state index in [1.807, 2.05) is 25.1 Å². The highest BCUT2D eigenvalue weighted by atomic mass is 35.5. The van der Waals surface area contributed by atoms with E-state index in [0.717, 1.165) is 84.4 Å². The summed E-state index contributed by atoms with van der Waals surface area (Å²) < 4.78 is 2.10. The van der Waals surface area contributed by atoms with Crippen LogP contribution in [0.15, 0.2) is 42.1 Å². The summed E-state index contributed by atoms with van der Waals surface area (Å²) in [5.74, 6) is -2.69. The third-order valence-electron chi connectivity index (χ3n) is 11.3. The number of carbonyl (C=O) groups is 4. The number of benzene rings is 2. The van der Waals surface area contributed by atoms with Crippen LogP contribution in [0.5, 0.6) is 0 Å². The Bertz CT molecular complexity index is 1650. The van der Waals surface area contributed by atoms with Crippen LogP contribution >= 0.6 is 0 Å². The van der Waals surface area contributed by atoms with Crippen LogP contribution in [0.1, 0.15) is 53.7 Å². The Labute approximate surface area is 280 Å². The largest absolute Gasteiger partial charge is 1.00 e. The SMILES string of the molecule is C[C@@H](O)[C@H]1C(=O)N2C(C(=O)O)=C(c3ccc4c(c3)-c3ccc(C[N+]56CC[N+](CCCC(N)=O)(CC5)CC6)cc3C4=O)[C@H](C)[C@H]12.[Cl-].[Cl-]. The van der Waals surface area contributed by atoms with Crippen molar-refractivity contribution in [1.82, 2.24) is 4.90 Å². The van der Waals surface area contributed by atoms with E-state index in [9.17, 15) is 29.4 Å². The van der Waals surface area contributed by atoms with E-state index in [-0.39, 0.29) is 54.0 Å². The fourth-order valence-electron chi connectivity index (χ4n) is 8.83. The number of fused-ring (bicyclic) bond motifs is 7. The van der Waals surface area contributed by atoms with E-state index in [2.05, 4.69) is 6.07 Å². The Morgan fingerprint density at radius 3 is 2.17 bits per heavy atom. The first-order valence-electron chi connectivity index (χ1n) is 15.7. The predicted molar refractivity (Wildman–Crippen MR) is 162 cm³/mol. The number of amides is 2. The number of carboxylic acid groups (broad SMARTS) is 1. The van der Waals surface area contributed by atoms with E-state index >= 15 is 0 Å². The van der Waals surface area contributed by atoms with Gasteiger partial charge in [-0.2, -0.15) is 0 Å². The number of nitrogens with two attached hydrogens (primary N) is 1. The number of nitrogens with zero attached hydrogens (tertiary/aromatic N) is 3. The molecule has 4 saturated heterocycles. The summed E-state index contributed by atoms with van der Waals surface area (Å²) in [7, 11) is 0. The lowest BCUT2D eigenvalue weighted by Gasteiger charge is -2.55. The van der Waals surface area contributed by atoms with Gasteiger partial charge in [0.25, 0.3) is 0 Å². The Hall–Kier alpha value is -3.28. The molecule has 0 spiro atoms. The van der Waals surface area contributed by atoms with Gasteiger partial charge in [-0.15, -0.1) is 0 Å². The maximum absolute atomic E-state index is 13.6. The molecule has 1 aliphatic carbocycles. The van der Waals surface area contributed by atoms with Gasteiger partial charge in [-0.05, 0) is 47.4 Å². The minimum Gasteiger partial charge on any atom is -1.00 e. The number of piperazine rings is 3. The van der Waals surface area contributed by atoms with E-state index < -0.39 is 24.0 Å². The molecule has 4 atom stereocenters. The second-order valence-corrected chi connectivity index (χ2v) is 13.8. The van der Waals surface area contributed by atoms with Gasteiger partial charge in [0.05, 0.1) is 24.6 Å². The topological polar surface area (TPSA) is 138 Å². The zero-order valence-electron chi connectivity index (χ0n) is 26.0. The van der Waals surface area contributed by atoms with Gasteiger partial charge in [-0.3, -0.25) is 14.4 Å². The highest BCUT2D eigenvalue weighted by Gasteiger charge is 2.60. The van der Waals surface area contributed by atoms with Gasteiger partial charge in [0.15, 0.2) is 5.78 Å². The Balaban J connectivity index is 0.00000208. The quantitative estimate of drug-likeness (QED) is 0.157. The summed E-state index contributed by atoms with van der Waals surface area (Å²) in [6.07, 6.45) is 0.430. The molecule has 0 aromatic heterocycles. The van der Waals surface area contributed by atoms with Gasteiger partial charge < -0.3 is 54.6 Å². The number of halogens is 2. The number of aliphatic hydroxyl groups is 1. The summed E-state index contributed by atoms with van der Waals surface area (Å²) in [5, 5.41) is 20.3. The Morgan fingerprint density at radius 2 is 1.57 bits per heavy atom. The van der Waals surface area contributed by atoms with Crippen LogP contribution in [0.3, 0.4) is 0 Å². The fourth-order valence-corrected chi connectivity index (χ4v) is 8.83. The molecule has 12 heteroatoms. The highest BCUT2D eigenvalue weighted by molar-refractivity contribution is 6.22. The van der Waals surface area contributed by atoms with Crippen LogP contribution in [0.2, 0.25) is 0 Å². The minimum atomic E-state index is -1.17. The maximum Gasteiger partial charge on any atom is 0.352 e. The molecule has 4 fully saturated rings. The van der Waals surface area contributed by atoms with E-state index in [1.165, 1.54) is 4.90 Å². The fraction of sp³-hybridized carbons (Fsp3) is 0.471. The zero-order valence-corrected chi connectivity index (χ0v) is 27.6. The van der Waals surface area contributed by atoms with Crippen molar-refractivity contribution in [1.29, 1.82) is 0 Å². The molecule has 4 N–H and O–H groups in total. The second-order valence-electron chi connectivity index (χ2n) is 13.8. The third kappa shape index (κ3) is 5.15. The van der Waals surface area contributed by atoms with Crippen molar-refractivity contribution in [2.24, 2.45) is 17.6 Å². The number of hydrogen-bond acceptors (Lipinski definition) is 5. The van der Waals surface area contributed by atoms with Gasteiger partial charge >= 0.3 is 5.97 Å². The van der Waals surface area contributed by atoms with Crippen LogP contribution < -0.4 is 30.5 Å². The average molecular weight is 672 g/mol. The van der Waals surface area contributed by atoms with Gasteiger partial charge in [-0.1, -0.05) is 25.1 Å².